The Balaban J connectivity index is 1.54. The number of benzene rings is 1. The number of hydrogen-bond acceptors (Lipinski definition) is 4. The Bertz CT molecular complexity index is 578. The molecule has 1 aromatic carbocycles. The van der Waals surface area contributed by atoms with Gasteiger partial charge in [-0.1, -0.05) is 30.3 Å². The molecule has 1 saturated carbocycles. The van der Waals surface area contributed by atoms with Gasteiger partial charge in [0, 0.05) is 24.4 Å². The van der Waals surface area contributed by atoms with E-state index in [1.165, 1.54) is 23.4 Å². The van der Waals surface area contributed by atoms with Crippen LogP contribution in [0.15, 0.2) is 35.7 Å². The Labute approximate surface area is 136 Å². The maximum Gasteiger partial charge on any atom is 0.0959 e. The topological polar surface area (TPSA) is 45.1 Å². The Morgan fingerprint density at radius 1 is 1.32 bits per heavy atom. The molecule has 1 aromatic heterocycles. The summed E-state index contributed by atoms with van der Waals surface area (Å²) in [7, 11) is 0. The van der Waals surface area contributed by atoms with Crippen LogP contribution in [0.2, 0.25) is 0 Å². The normalized spacial score (nSPS) is 17.4. The highest BCUT2D eigenvalue weighted by molar-refractivity contribution is 7.09. The molecule has 2 aromatic rings. The Morgan fingerprint density at radius 2 is 2.09 bits per heavy atom. The van der Waals surface area contributed by atoms with Crippen molar-refractivity contribution in [1.82, 2.24) is 10.3 Å². The summed E-state index contributed by atoms with van der Waals surface area (Å²) in [6.45, 7) is 3.54. The van der Waals surface area contributed by atoms with Gasteiger partial charge in [0.2, 0.25) is 0 Å². The average Bonchev–Trinajstić information content (AvgIpc) is 3.26. The van der Waals surface area contributed by atoms with Gasteiger partial charge in [-0.2, -0.15) is 0 Å². The zero-order valence-electron chi connectivity index (χ0n) is 13.0. The molecule has 0 spiro atoms. The minimum absolute atomic E-state index is 0.284. The van der Waals surface area contributed by atoms with Crippen LogP contribution in [0, 0.1) is 0 Å². The summed E-state index contributed by atoms with van der Waals surface area (Å²) in [6.07, 6.45) is 3.12. The lowest BCUT2D eigenvalue weighted by Crippen LogP contribution is -2.24. The fraction of sp³-hybridized carbons (Fsp3) is 0.500. The molecule has 0 aliphatic heterocycles. The lowest BCUT2D eigenvalue weighted by molar-refractivity contribution is 0.173. The summed E-state index contributed by atoms with van der Waals surface area (Å²) in [5.74, 6) is 1.08. The van der Waals surface area contributed by atoms with Gasteiger partial charge in [0.05, 0.1) is 16.8 Å². The molecule has 1 aliphatic carbocycles. The molecule has 0 radical (unpaired) electrons. The van der Waals surface area contributed by atoms with Gasteiger partial charge in [0.1, 0.15) is 0 Å². The molecule has 2 N–H and O–H groups in total. The van der Waals surface area contributed by atoms with Crippen molar-refractivity contribution >= 4 is 11.3 Å². The zero-order chi connectivity index (χ0) is 15.4. The highest BCUT2D eigenvalue weighted by Crippen LogP contribution is 2.41. The van der Waals surface area contributed by atoms with E-state index in [1.807, 2.05) is 13.0 Å². The minimum Gasteiger partial charge on any atom is -0.393 e. The van der Waals surface area contributed by atoms with E-state index in [2.05, 4.69) is 35.0 Å². The Morgan fingerprint density at radius 3 is 2.77 bits per heavy atom. The lowest BCUT2D eigenvalue weighted by Gasteiger charge is -2.19. The fourth-order valence-electron chi connectivity index (χ4n) is 2.77. The SMILES string of the molecule is CC(O)CC(CNCc1csc(C2CC2)n1)c1ccccc1. The fourth-order valence-corrected chi connectivity index (χ4v) is 3.76. The smallest absolute Gasteiger partial charge is 0.0959 e. The van der Waals surface area contributed by atoms with Crippen LogP contribution in [0.4, 0.5) is 0 Å². The number of nitrogens with one attached hydrogen (secondary N) is 1. The molecule has 22 heavy (non-hydrogen) atoms. The summed E-state index contributed by atoms with van der Waals surface area (Å²) in [5, 5.41) is 16.7. The molecular weight excluding hydrogens is 292 g/mol. The highest BCUT2D eigenvalue weighted by Gasteiger charge is 2.26. The lowest BCUT2D eigenvalue weighted by atomic mass is 9.93. The van der Waals surface area contributed by atoms with E-state index in [1.54, 1.807) is 11.3 Å². The first-order valence-electron chi connectivity index (χ1n) is 8.10. The van der Waals surface area contributed by atoms with Crippen LogP contribution < -0.4 is 5.32 Å². The molecule has 0 bridgehead atoms. The van der Waals surface area contributed by atoms with Gasteiger partial charge in [-0.15, -0.1) is 11.3 Å². The van der Waals surface area contributed by atoms with Crippen LogP contribution >= 0.6 is 11.3 Å². The summed E-state index contributed by atoms with van der Waals surface area (Å²) in [4.78, 5) is 4.71. The standard InChI is InChI=1S/C18H24N2OS/c1-13(21)9-16(14-5-3-2-4-6-14)10-19-11-17-12-22-18(20-17)15-7-8-15/h2-6,12-13,15-16,19,21H,7-11H2,1H3. The van der Waals surface area contributed by atoms with Crippen molar-refractivity contribution in [2.45, 2.75) is 50.7 Å². The Kier molecular flexibility index (Phi) is 5.24. The second kappa shape index (κ2) is 7.36. The van der Waals surface area contributed by atoms with Crippen LogP contribution in [-0.2, 0) is 6.54 Å². The van der Waals surface area contributed by atoms with E-state index < -0.39 is 0 Å². The summed E-state index contributed by atoms with van der Waals surface area (Å²) in [5.41, 5.74) is 2.43. The van der Waals surface area contributed by atoms with Crippen molar-refractivity contribution in [2.24, 2.45) is 0 Å². The summed E-state index contributed by atoms with van der Waals surface area (Å²) >= 11 is 1.79. The molecule has 118 valence electrons. The van der Waals surface area contributed by atoms with Gasteiger partial charge in [0.25, 0.3) is 0 Å². The van der Waals surface area contributed by atoms with E-state index in [4.69, 9.17) is 4.98 Å². The monoisotopic (exact) mass is 316 g/mol. The number of aliphatic hydroxyl groups is 1. The van der Waals surface area contributed by atoms with E-state index >= 15 is 0 Å². The molecule has 2 unspecified atom stereocenters. The molecular formula is C18H24N2OS. The van der Waals surface area contributed by atoms with Crippen molar-refractivity contribution in [1.29, 1.82) is 0 Å². The second-order valence-corrected chi connectivity index (χ2v) is 7.16. The van der Waals surface area contributed by atoms with E-state index in [0.717, 1.165) is 31.1 Å². The maximum absolute atomic E-state index is 9.73. The van der Waals surface area contributed by atoms with Crippen molar-refractivity contribution in [3.05, 3.63) is 52.0 Å². The maximum atomic E-state index is 9.73. The third-order valence-corrected chi connectivity index (χ3v) is 5.15. The van der Waals surface area contributed by atoms with Crippen LogP contribution in [-0.4, -0.2) is 22.7 Å². The van der Waals surface area contributed by atoms with Crippen LogP contribution in [0.1, 0.15) is 54.3 Å². The zero-order valence-corrected chi connectivity index (χ0v) is 13.9. The van der Waals surface area contributed by atoms with Crippen LogP contribution in [0.25, 0.3) is 0 Å². The van der Waals surface area contributed by atoms with Gasteiger partial charge in [-0.05, 0) is 37.7 Å². The first-order chi connectivity index (χ1) is 10.7. The van der Waals surface area contributed by atoms with Gasteiger partial charge in [-0.3, -0.25) is 0 Å². The van der Waals surface area contributed by atoms with E-state index in [0.29, 0.717) is 5.92 Å². The minimum atomic E-state index is -0.284. The number of hydrogen-bond donors (Lipinski definition) is 2. The first-order valence-corrected chi connectivity index (χ1v) is 8.98. The third-order valence-electron chi connectivity index (χ3n) is 4.09. The molecule has 4 heteroatoms. The van der Waals surface area contributed by atoms with Gasteiger partial charge in [-0.25, -0.2) is 4.98 Å². The number of thiazole rings is 1. The summed E-state index contributed by atoms with van der Waals surface area (Å²) in [6, 6.07) is 10.4. The molecule has 0 amide bonds. The van der Waals surface area contributed by atoms with Gasteiger partial charge in [0.15, 0.2) is 0 Å². The average molecular weight is 316 g/mol. The van der Waals surface area contributed by atoms with Crippen LogP contribution in [0.5, 0.6) is 0 Å². The van der Waals surface area contributed by atoms with E-state index in [9.17, 15) is 5.11 Å². The van der Waals surface area contributed by atoms with E-state index in [-0.39, 0.29) is 6.10 Å². The number of nitrogens with zero attached hydrogens (tertiary/aromatic N) is 1. The number of aromatic nitrogens is 1. The first kappa shape index (κ1) is 15.7. The third kappa shape index (κ3) is 4.38. The van der Waals surface area contributed by atoms with Gasteiger partial charge >= 0.3 is 0 Å². The van der Waals surface area contributed by atoms with Crippen molar-refractivity contribution in [3.8, 4) is 0 Å². The molecule has 2 atom stereocenters. The van der Waals surface area contributed by atoms with Crippen LogP contribution in [0.3, 0.4) is 0 Å². The largest absolute Gasteiger partial charge is 0.393 e. The second-order valence-electron chi connectivity index (χ2n) is 6.27. The molecule has 1 fully saturated rings. The molecule has 0 saturated heterocycles. The van der Waals surface area contributed by atoms with Crippen molar-refractivity contribution in [3.63, 3.8) is 0 Å². The quantitative estimate of drug-likeness (QED) is 0.781. The highest BCUT2D eigenvalue weighted by atomic mass is 32.1. The van der Waals surface area contributed by atoms with Crippen molar-refractivity contribution < 1.29 is 5.11 Å². The van der Waals surface area contributed by atoms with Gasteiger partial charge < -0.3 is 10.4 Å². The molecule has 1 heterocycles. The number of aliphatic hydroxyl groups excluding tert-OH is 1. The molecule has 3 nitrogen and oxygen atoms in total. The predicted molar refractivity (Wildman–Crippen MR) is 91.3 cm³/mol. The predicted octanol–water partition coefficient (Wildman–Crippen LogP) is 3.66. The number of rotatable bonds is 8. The summed E-state index contributed by atoms with van der Waals surface area (Å²) < 4.78 is 0. The molecule has 1 aliphatic rings. The Hall–Kier alpha value is -1.23. The molecule has 3 rings (SSSR count). The van der Waals surface area contributed by atoms with Crippen molar-refractivity contribution in [2.75, 3.05) is 6.54 Å².